The van der Waals surface area contributed by atoms with Gasteiger partial charge in [-0.05, 0) is 0 Å². The molecular weight excluding hydrogens is 192 g/mol. The molecule has 15 heavy (non-hydrogen) atoms. The van der Waals surface area contributed by atoms with Crippen LogP contribution in [0.3, 0.4) is 0 Å². The highest BCUT2D eigenvalue weighted by Crippen LogP contribution is 1.93. The van der Waals surface area contributed by atoms with E-state index in [0.29, 0.717) is 6.67 Å². The van der Waals surface area contributed by atoms with Crippen molar-refractivity contribution in [3.63, 3.8) is 0 Å². The van der Waals surface area contributed by atoms with Crippen LogP contribution >= 0.6 is 0 Å². The lowest BCUT2D eigenvalue weighted by Crippen LogP contribution is -2.43. The summed E-state index contributed by atoms with van der Waals surface area (Å²) in [6.07, 6.45) is 0. The van der Waals surface area contributed by atoms with Gasteiger partial charge in [-0.15, -0.1) is 0 Å². The Morgan fingerprint density at radius 3 is 2.07 bits per heavy atom. The summed E-state index contributed by atoms with van der Waals surface area (Å²) in [5.74, 6) is 0.0245. The van der Waals surface area contributed by atoms with E-state index in [-0.39, 0.29) is 5.91 Å². The normalized spacial score (nSPS) is 15.3. The molecule has 1 fully saturated rings. The molecule has 0 aliphatic carbocycles. The second-order valence-corrected chi connectivity index (χ2v) is 2.62. The van der Waals surface area contributed by atoms with Gasteiger partial charge in [-0.3, -0.25) is 9.69 Å². The number of hydrogen-bond donors (Lipinski definition) is 1. The maximum absolute atomic E-state index is 10.5. The Hall–Kier alpha value is -0.610. The van der Waals surface area contributed by atoms with Gasteiger partial charge in [0.15, 0.2) is 0 Å². The van der Waals surface area contributed by atoms with Crippen molar-refractivity contribution in [1.29, 1.82) is 0 Å². The maximum atomic E-state index is 10.5. The van der Waals surface area contributed by atoms with Crippen molar-refractivity contribution in [2.75, 3.05) is 33.0 Å². The number of nitrogens with one attached hydrogen (secondary N) is 1. The van der Waals surface area contributed by atoms with Crippen LogP contribution in [-0.4, -0.2) is 43.8 Å². The van der Waals surface area contributed by atoms with Crippen LogP contribution in [0.2, 0.25) is 0 Å². The van der Waals surface area contributed by atoms with Crippen LogP contribution in [0.4, 0.5) is 0 Å². The van der Waals surface area contributed by atoms with E-state index in [4.69, 9.17) is 4.74 Å². The molecule has 1 N–H and O–H groups in total. The molecule has 0 aromatic carbocycles. The molecule has 0 atom stereocenters. The van der Waals surface area contributed by atoms with Crippen LogP contribution in [-0.2, 0) is 9.53 Å². The molecule has 0 bridgehead atoms. The smallest absolute Gasteiger partial charge is 0.217 e. The Morgan fingerprint density at radius 1 is 1.20 bits per heavy atom. The fourth-order valence-electron chi connectivity index (χ4n) is 0.982. The van der Waals surface area contributed by atoms with Gasteiger partial charge in [0.2, 0.25) is 5.91 Å². The van der Waals surface area contributed by atoms with E-state index in [1.165, 1.54) is 6.92 Å². The van der Waals surface area contributed by atoms with E-state index in [2.05, 4.69) is 10.2 Å². The van der Waals surface area contributed by atoms with Crippen molar-refractivity contribution in [3.8, 4) is 0 Å². The lowest BCUT2D eigenvalue weighted by atomic mass is 10.4. The summed E-state index contributed by atoms with van der Waals surface area (Å²) in [7, 11) is 0. The summed E-state index contributed by atoms with van der Waals surface area (Å²) in [6.45, 7) is 13.6. The Bertz CT molecular complexity index is 135. The minimum absolute atomic E-state index is 0.0245. The van der Waals surface area contributed by atoms with Gasteiger partial charge in [-0.1, -0.05) is 27.7 Å². The number of rotatable bonds is 2. The van der Waals surface area contributed by atoms with E-state index < -0.39 is 0 Å². The minimum Gasteiger partial charge on any atom is -0.379 e. The van der Waals surface area contributed by atoms with Crippen LogP contribution in [0, 0.1) is 0 Å². The molecule has 1 heterocycles. The molecule has 0 spiro atoms. The molecule has 1 rings (SSSR count). The van der Waals surface area contributed by atoms with Gasteiger partial charge in [0.25, 0.3) is 0 Å². The van der Waals surface area contributed by atoms with Crippen molar-refractivity contribution in [2.45, 2.75) is 34.6 Å². The summed E-state index contributed by atoms with van der Waals surface area (Å²) in [5.41, 5.74) is 0. The van der Waals surface area contributed by atoms with E-state index >= 15 is 0 Å². The molecule has 4 heteroatoms. The molecular formula is C11H26N2O2. The van der Waals surface area contributed by atoms with Gasteiger partial charge in [0, 0.05) is 20.0 Å². The van der Waals surface area contributed by atoms with Crippen molar-refractivity contribution >= 4 is 5.91 Å². The zero-order valence-electron chi connectivity index (χ0n) is 10.8. The van der Waals surface area contributed by atoms with Crippen LogP contribution in [0.5, 0.6) is 0 Å². The zero-order chi connectivity index (χ0) is 12.1. The van der Waals surface area contributed by atoms with Crippen LogP contribution in [0.1, 0.15) is 34.6 Å². The van der Waals surface area contributed by atoms with E-state index in [1.807, 2.05) is 27.7 Å². The summed E-state index contributed by atoms with van der Waals surface area (Å²) in [4.78, 5) is 12.7. The van der Waals surface area contributed by atoms with Crippen molar-refractivity contribution in [3.05, 3.63) is 0 Å². The third kappa shape index (κ3) is 11.3. The number of ether oxygens (including phenoxy) is 1. The highest BCUT2D eigenvalue weighted by molar-refractivity contribution is 5.72. The third-order valence-electron chi connectivity index (χ3n) is 1.66. The van der Waals surface area contributed by atoms with Gasteiger partial charge in [0.05, 0.1) is 19.9 Å². The molecule has 92 valence electrons. The predicted molar refractivity (Wildman–Crippen MR) is 63.8 cm³/mol. The number of morpholine rings is 1. The minimum atomic E-state index is 0.0245. The first-order chi connectivity index (χ1) is 7.29. The molecule has 1 amide bonds. The first-order valence-corrected chi connectivity index (χ1v) is 5.83. The molecule has 0 unspecified atom stereocenters. The molecule has 0 radical (unpaired) electrons. The largest absolute Gasteiger partial charge is 0.379 e. The summed E-state index contributed by atoms with van der Waals surface area (Å²) in [5, 5.41) is 2.75. The first kappa shape index (κ1) is 16.8. The predicted octanol–water partition coefficient (Wildman–Crippen LogP) is 1.46. The van der Waals surface area contributed by atoms with E-state index in [1.54, 1.807) is 0 Å². The summed E-state index contributed by atoms with van der Waals surface area (Å²) in [6, 6.07) is 0. The number of hydrogen-bond acceptors (Lipinski definition) is 3. The van der Waals surface area contributed by atoms with Gasteiger partial charge in [0.1, 0.15) is 0 Å². The second-order valence-electron chi connectivity index (χ2n) is 2.62. The molecule has 1 aliphatic rings. The van der Waals surface area contributed by atoms with Crippen molar-refractivity contribution in [1.82, 2.24) is 10.2 Å². The maximum Gasteiger partial charge on any atom is 0.217 e. The monoisotopic (exact) mass is 218 g/mol. The zero-order valence-corrected chi connectivity index (χ0v) is 10.8. The average molecular weight is 218 g/mol. The standard InChI is InChI=1S/C7H14N2O2.2C2H6/c1-7(10)8-6-9-2-4-11-5-3-9;2*1-2/h2-6H2,1H3,(H,8,10);2*1-2H3. The molecule has 0 saturated carbocycles. The number of amides is 1. The quantitative estimate of drug-likeness (QED) is 0.763. The Balaban J connectivity index is 0. The molecule has 4 nitrogen and oxygen atoms in total. The number of nitrogens with zero attached hydrogens (tertiary/aromatic N) is 1. The number of carbonyl (C=O) groups excluding carboxylic acids is 1. The van der Waals surface area contributed by atoms with E-state index in [0.717, 1.165) is 26.3 Å². The second kappa shape index (κ2) is 13.4. The lowest BCUT2D eigenvalue weighted by molar-refractivity contribution is -0.120. The average Bonchev–Trinajstić information content (AvgIpc) is 2.33. The molecule has 1 saturated heterocycles. The van der Waals surface area contributed by atoms with Crippen LogP contribution in [0.25, 0.3) is 0 Å². The van der Waals surface area contributed by atoms with Gasteiger partial charge in [-0.2, -0.15) is 0 Å². The third-order valence-corrected chi connectivity index (χ3v) is 1.66. The lowest BCUT2D eigenvalue weighted by Gasteiger charge is -2.26. The molecule has 0 aromatic heterocycles. The van der Waals surface area contributed by atoms with Gasteiger partial charge >= 0.3 is 0 Å². The molecule has 0 aromatic rings. The fraction of sp³-hybridized carbons (Fsp3) is 0.909. The SMILES string of the molecule is CC.CC.CC(=O)NCN1CCOCC1. The highest BCUT2D eigenvalue weighted by atomic mass is 16.5. The van der Waals surface area contributed by atoms with Gasteiger partial charge in [-0.25, -0.2) is 0 Å². The van der Waals surface area contributed by atoms with Crippen LogP contribution < -0.4 is 5.32 Å². The Kier molecular flexibility index (Phi) is 15.0. The van der Waals surface area contributed by atoms with Gasteiger partial charge < -0.3 is 10.1 Å². The summed E-state index contributed by atoms with van der Waals surface area (Å²) < 4.78 is 5.15. The fourth-order valence-corrected chi connectivity index (χ4v) is 0.982. The van der Waals surface area contributed by atoms with Crippen molar-refractivity contribution < 1.29 is 9.53 Å². The Morgan fingerprint density at radius 2 is 1.67 bits per heavy atom. The Labute approximate surface area is 94.0 Å². The highest BCUT2D eigenvalue weighted by Gasteiger charge is 2.09. The van der Waals surface area contributed by atoms with E-state index in [9.17, 15) is 4.79 Å². The van der Waals surface area contributed by atoms with Crippen LogP contribution in [0.15, 0.2) is 0 Å². The number of carbonyl (C=O) groups is 1. The topological polar surface area (TPSA) is 41.6 Å². The molecule has 1 aliphatic heterocycles. The first-order valence-electron chi connectivity index (χ1n) is 5.83. The van der Waals surface area contributed by atoms with Crippen molar-refractivity contribution in [2.24, 2.45) is 0 Å². The summed E-state index contributed by atoms with van der Waals surface area (Å²) >= 11 is 0.